The molecule has 58 valence electrons. The minimum absolute atomic E-state index is 0.312. The van der Waals surface area contributed by atoms with Crippen molar-refractivity contribution in [3.05, 3.63) is 36.0 Å². The van der Waals surface area contributed by atoms with Crippen LogP contribution < -0.4 is 5.32 Å². The molecule has 0 aromatic rings. The standard InChI is InChI=1S/C8H8FNO/c9-7-3-4-8(10-6-7)2-1-5-11/h2-6,10H,1H2/b8-2-. The first-order valence-electron chi connectivity index (χ1n) is 3.27. The van der Waals surface area contributed by atoms with Crippen molar-refractivity contribution < 1.29 is 9.18 Å². The van der Waals surface area contributed by atoms with Crippen LogP contribution in [0, 0.1) is 0 Å². The van der Waals surface area contributed by atoms with Crippen molar-refractivity contribution in [1.29, 1.82) is 0 Å². The maximum Gasteiger partial charge on any atom is 0.139 e. The van der Waals surface area contributed by atoms with Gasteiger partial charge >= 0.3 is 0 Å². The smallest absolute Gasteiger partial charge is 0.139 e. The second-order valence-electron chi connectivity index (χ2n) is 2.07. The lowest BCUT2D eigenvalue weighted by Crippen LogP contribution is -2.06. The highest BCUT2D eigenvalue weighted by atomic mass is 19.1. The van der Waals surface area contributed by atoms with Crippen molar-refractivity contribution in [2.45, 2.75) is 6.42 Å². The molecule has 1 aliphatic rings. The van der Waals surface area contributed by atoms with Gasteiger partial charge in [-0.2, -0.15) is 0 Å². The van der Waals surface area contributed by atoms with E-state index >= 15 is 0 Å². The lowest BCUT2D eigenvalue weighted by atomic mass is 10.2. The van der Waals surface area contributed by atoms with Crippen molar-refractivity contribution in [2.75, 3.05) is 0 Å². The number of nitrogens with one attached hydrogen (secondary N) is 1. The van der Waals surface area contributed by atoms with E-state index in [9.17, 15) is 9.18 Å². The normalized spacial score (nSPS) is 19.4. The summed E-state index contributed by atoms with van der Waals surface area (Å²) in [6.07, 6.45) is 6.99. The summed E-state index contributed by atoms with van der Waals surface area (Å²) in [5.74, 6) is -0.312. The molecule has 0 aliphatic carbocycles. The van der Waals surface area contributed by atoms with Gasteiger partial charge in [0.2, 0.25) is 0 Å². The summed E-state index contributed by atoms with van der Waals surface area (Å²) in [7, 11) is 0. The van der Waals surface area contributed by atoms with Gasteiger partial charge in [0.05, 0.1) is 0 Å². The van der Waals surface area contributed by atoms with Gasteiger partial charge in [-0.05, 0) is 12.2 Å². The highest BCUT2D eigenvalue weighted by Gasteiger charge is 1.96. The number of halogens is 1. The summed E-state index contributed by atoms with van der Waals surface area (Å²) in [6.45, 7) is 0. The van der Waals surface area contributed by atoms with E-state index in [2.05, 4.69) is 5.32 Å². The molecule has 1 heterocycles. The largest absolute Gasteiger partial charge is 0.359 e. The van der Waals surface area contributed by atoms with Crippen LogP contribution in [0.3, 0.4) is 0 Å². The zero-order valence-electron chi connectivity index (χ0n) is 5.88. The van der Waals surface area contributed by atoms with Crippen LogP contribution in [0.15, 0.2) is 36.0 Å². The number of carbonyl (C=O) groups excluding carboxylic acids is 1. The monoisotopic (exact) mass is 153 g/mol. The average molecular weight is 153 g/mol. The molecule has 0 bridgehead atoms. The van der Waals surface area contributed by atoms with E-state index in [1.54, 1.807) is 12.2 Å². The number of hydrogen-bond donors (Lipinski definition) is 1. The molecule has 1 rings (SSSR count). The molecule has 0 saturated carbocycles. The lowest BCUT2D eigenvalue weighted by molar-refractivity contribution is -0.107. The van der Waals surface area contributed by atoms with Crippen molar-refractivity contribution in [3.63, 3.8) is 0 Å². The van der Waals surface area contributed by atoms with Crippen molar-refractivity contribution in [3.8, 4) is 0 Å². The predicted octanol–water partition coefficient (Wildman–Crippen LogP) is 1.43. The van der Waals surface area contributed by atoms with E-state index in [4.69, 9.17) is 0 Å². The van der Waals surface area contributed by atoms with E-state index in [0.717, 1.165) is 12.0 Å². The highest BCUT2D eigenvalue weighted by Crippen LogP contribution is 2.06. The van der Waals surface area contributed by atoms with Crippen LogP contribution in [0.2, 0.25) is 0 Å². The minimum atomic E-state index is -0.312. The Labute approximate surface area is 64.1 Å². The van der Waals surface area contributed by atoms with Crippen LogP contribution in [0.4, 0.5) is 4.39 Å². The van der Waals surface area contributed by atoms with Gasteiger partial charge in [0.1, 0.15) is 12.1 Å². The molecular formula is C8H8FNO. The molecule has 11 heavy (non-hydrogen) atoms. The third-order valence-corrected chi connectivity index (χ3v) is 1.23. The SMILES string of the molecule is O=CC/C=C1/C=CC(F)=CN1. The molecular weight excluding hydrogens is 145 g/mol. The van der Waals surface area contributed by atoms with Gasteiger partial charge in [0.25, 0.3) is 0 Å². The summed E-state index contributed by atoms with van der Waals surface area (Å²) in [5.41, 5.74) is 0.749. The number of hydrogen-bond acceptors (Lipinski definition) is 2. The maximum absolute atomic E-state index is 12.3. The number of dihydropyridines is 1. The summed E-state index contributed by atoms with van der Waals surface area (Å²) < 4.78 is 12.3. The first kappa shape index (κ1) is 7.72. The minimum Gasteiger partial charge on any atom is -0.359 e. The van der Waals surface area contributed by atoms with Gasteiger partial charge in [-0.1, -0.05) is 6.08 Å². The van der Waals surface area contributed by atoms with Gasteiger partial charge in [-0.3, -0.25) is 0 Å². The molecule has 0 unspecified atom stereocenters. The third-order valence-electron chi connectivity index (χ3n) is 1.23. The van der Waals surface area contributed by atoms with Crippen LogP contribution in [-0.4, -0.2) is 6.29 Å². The Morgan fingerprint density at radius 1 is 1.55 bits per heavy atom. The van der Waals surface area contributed by atoms with Crippen molar-refractivity contribution >= 4 is 6.29 Å². The molecule has 1 aliphatic heterocycles. The van der Waals surface area contributed by atoms with Crippen molar-refractivity contribution in [1.82, 2.24) is 5.32 Å². The first-order chi connectivity index (χ1) is 5.33. The quantitative estimate of drug-likeness (QED) is 0.608. The van der Waals surface area contributed by atoms with Gasteiger partial charge in [-0.15, -0.1) is 0 Å². The second kappa shape index (κ2) is 3.71. The molecule has 0 atom stereocenters. The number of rotatable bonds is 2. The third kappa shape index (κ3) is 2.37. The fraction of sp³-hybridized carbons (Fsp3) is 0.125. The molecule has 0 aromatic heterocycles. The van der Waals surface area contributed by atoms with Crippen LogP contribution >= 0.6 is 0 Å². The van der Waals surface area contributed by atoms with Crippen LogP contribution in [0.1, 0.15) is 6.42 Å². The summed E-state index contributed by atoms with van der Waals surface area (Å²) >= 11 is 0. The van der Waals surface area contributed by atoms with Crippen LogP contribution in [0.5, 0.6) is 0 Å². The number of aldehydes is 1. The first-order valence-corrected chi connectivity index (χ1v) is 3.27. The van der Waals surface area contributed by atoms with Gasteiger partial charge in [0, 0.05) is 18.3 Å². The molecule has 0 spiro atoms. The molecule has 0 aromatic carbocycles. The Balaban J connectivity index is 2.54. The Hall–Kier alpha value is -1.38. The topological polar surface area (TPSA) is 29.1 Å². The van der Waals surface area contributed by atoms with E-state index in [1.165, 1.54) is 12.3 Å². The Kier molecular flexibility index (Phi) is 2.60. The molecule has 1 N–H and O–H groups in total. The van der Waals surface area contributed by atoms with Crippen molar-refractivity contribution in [2.24, 2.45) is 0 Å². The van der Waals surface area contributed by atoms with E-state index in [-0.39, 0.29) is 5.83 Å². The van der Waals surface area contributed by atoms with Crippen LogP contribution in [-0.2, 0) is 4.79 Å². The zero-order valence-corrected chi connectivity index (χ0v) is 5.88. The van der Waals surface area contributed by atoms with E-state index < -0.39 is 0 Å². The highest BCUT2D eigenvalue weighted by molar-refractivity contribution is 5.53. The predicted molar refractivity (Wildman–Crippen MR) is 40.2 cm³/mol. The Morgan fingerprint density at radius 3 is 2.91 bits per heavy atom. The number of carbonyl (C=O) groups is 1. The lowest BCUT2D eigenvalue weighted by Gasteiger charge is -2.04. The molecule has 0 amide bonds. The molecule has 2 nitrogen and oxygen atoms in total. The summed E-state index contributed by atoms with van der Waals surface area (Å²) in [6, 6.07) is 0. The summed E-state index contributed by atoms with van der Waals surface area (Å²) in [5, 5.41) is 2.68. The fourth-order valence-electron chi connectivity index (χ4n) is 0.720. The molecule has 3 heteroatoms. The summed E-state index contributed by atoms with van der Waals surface area (Å²) in [4.78, 5) is 9.93. The van der Waals surface area contributed by atoms with E-state index in [0.29, 0.717) is 6.42 Å². The second-order valence-corrected chi connectivity index (χ2v) is 2.07. The number of allylic oxidation sites excluding steroid dienone is 4. The van der Waals surface area contributed by atoms with E-state index in [1.807, 2.05) is 0 Å². The fourth-order valence-corrected chi connectivity index (χ4v) is 0.720. The molecule has 0 fully saturated rings. The molecule has 0 radical (unpaired) electrons. The van der Waals surface area contributed by atoms with Crippen LogP contribution in [0.25, 0.3) is 0 Å². The zero-order chi connectivity index (χ0) is 8.10. The maximum atomic E-state index is 12.3. The Bertz CT molecular complexity index is 240. The van der Waals surface area contributed by atoms with Gasteiger partial charge < -0.3 is 10.1 Å². The average Bonchev–Trinajstić information content (AvgIpc) is 2.04. The molecule has 0 saturated heterocycles. The van der Waals surface area contributed by atoms with Gasteiger partial charge in [-0.25, -0.2) is 4.39 Å². The van der Waals surface area contributed by atoms with Gasteiger partial charge in [0.15, 0.2) is 0 Å². The Morgan fingerprint density at radius 2 is 2.36 bits per heavy atom.